The van der Waals surface area contributed by atoms with Gasteiger partial charge >= 0.3 is 5.97 Å². The first-order chi connectivity index (χ1) is 4.30. The van der Waals surface area contributed by atoms with E-state index in [1.807, 2.05) is 0 Å². The van der Waals surface area contributed by atoms with E-state index in [-0.39, 0.29) is 47.7 Å². The van der Waals surface area contributed by atoms with Crippen LogP contribution in [0.5, 0.6) is 0 Å². The molecule has 0 aromatic heterocycles. The number of hydrogen-bond donors (Lipinski definition) is 1. The molecule has 0 radical (unpaired) electrons. The largest absolute Gasteiger partial charge is 0.481 e. The Balaban J connectivity index is 0.000000810. The van der Waals surface area contributed by atoms with Crippen LogP contribution in [-0.4, -0.2) is 11.1 Å². The van der Waals surface area contributed by atoms with Crippen molar-refractivity contribution in [2.24, 2.45) is 5.92 Å². The minimum Gasteiger partial charge on any atom is -0.481 e. The van der Waals surface area contributed by atoms with Crippen LogP contribution in [0.25, 0.3) is 0 Å². The van der Waals surface area contributed by atoms with Gasteiger partial charge in [0.05, 0.1) is 5.92 Å². The molecule has 1 N–H and O–H groups in total. The van der Waals surface area contributed by atoms with Crippen LogP contribution < -0.4 is 0 Å². The predicted molar refractivity (Wildman–Crippen MR) is 34.2 cm³/mol. The summed E-state index contributed by atoms with van der Waals surface area (Å²) in [7, 11) is 0. The van der Waals surface area contributed by atoms with E-state index < -0.39 is 5.97 Å². The van der Waals surface area contributed by atoms with Crippen molar-refractivity contribution >= 4 is 5.97 Å². The van der Waals surface area contributed by atoms with E-state index in [2.05, 4.69) is 0 Å². The molecule has 2 nitrogen and oxygen atoms in total. The molecule has 0 unspecified atom stereocenters. The first-order valence-electron chi connectivity index (χ1n) is 3.53. The number of carboxylic acid groups (broad SMARTS) is 1. The molecule has 0 aliphatic heterocycles. The Morgan fingerprint density at radius 3 is 2.00 bits per heavy atom. The van der Waals surface area contributed by atoms with Crippen LogP contribution in [0.1, 0.15) is 32.1 Å². The van der Waals surface area contributed by atoms with Gasteiger partial charge in [-0.15, -0.1) is 0 Å². The zero-order valence-electron chi connectivity index (χ0n) is 5.97. The quantitative estimate of drug-likeness (QED) is 0.785. The molecule has 1 aliphatic carbocycles. The topological polar surface area (TPSA) is 37.3 Å². The van der Waals surface area contributed by atoms with Crippen molar-refractivity contribution in [1.82, 2.24) is 0 Å². The maximum atomic E-state index is 10.4. The van der Waals surface area contributed by atoms with Crippen LogP contribution in [0.4, 0.5) is 0 Å². The second-order valence-electron chi connectivity index (χ2n) is 2.67. The Bertz CT molecular complexity index is 108. The number of hydrogen-bond acceptors (Lipinski definition) is 1. The molecule has 0 amide bonds. The fraction of sp³-hybridized carbons (Fsp3) is 0.857. The minimum atomic E-state index is -0.602. The minimum absolute atomic E-state index is 0. The van der Waals surface area contributed by atoms with Gasteiger partial charge in [-0.3, -0.25) is 4.79 Å². The van der Waals surface area contributed by atoms with Crippen LogP contribution in [0.15, 0.2) is 0 Å². The van der Waals surface area contributed by atoms with Gasteiger partial charge < -0.3 is 5.11 Å². The van der Waals surface area contributed by atoms with E-state index in [4.69, 9.17) is 5.11 Å². The molecule has 0 saturated heterocycles. The molecule has 1 fully saturated rings. The first-order valence-corrected chi connectivity index (χ1v) is 3.53. The summed E-state index contributed by atoms with van der Waals surface area (Å²) in [6.45, 7) is 0. The maximum absolute atomic E-state index is 10.4. The van der Waals surface area contributed by atoms with Gasteiger partial charge in [-0.2, -0.15) is 0 Å². The van der Waals surface area contributed by atoms with E-state index >= 15 is 0 Å². The summed E-state index contributed by atoms with van der Waals surface area (Å²) >= 11 is 0. The average molecular weight is 268 g/mol. The van der Waals surface area contributed by atoms with Gasteiger partial charge in [0.2, 0.25) is 0 Å². The molecule has 0 aromatic carbocycles. The average Bonchev–Trinajstić information content (AvgIpc) is 1.90. The van der Waals surface area contributed by atoms with Gasteiger partial charge in [-0.1, -0.05) is 19.3 Å². The number of aliphatic carboxylic acids is 1. The maximum Gasteiger partial charge on any atom is 0.306 e. The van der Waals surface area contributed by atoms with E-state index in [0.717, 1.165) is 25.7 Å². The molecule has 0 aromatic rings. The monoisotopic (exact) mass is 268 g/mol. The first kappa shape index (κ1) is 10.8. The smallest absolute Gasteiger partial charge is 0.306 e. The van der Waals surface area contributed by atoms with Crippen molar-refractivity contribution in [2.45, 2.75) is 32.1 Å². The molecular weight excluding hydrogens is 256 g/mol. The molecule has 0 heterocycles. The van der Waals surface area contributed by atoms with Crippen LogP contribution >= 0.6 is 0 Å². The standard InChI is InChI=1S/C7H12O2.Ce/c8-7(9)6-4-2-1-3-5-6;/h6H,1-5H2,(H,8,9);. The SMILES string of the molecule is O=C(O)C1CCCCC1.[Ce]. The molecule has 56 valence electrons. The van der Waals surface area contributed by atoms with Gasteiger partial charge in [-0.25, -0.2) is 0 Å². The van der Waals surface area contributed by atoms with Crippen molar-refractivity contribution in [2.75, 3.05) is 0 Å². The van der Waals surface area contributed by atoms with Crippen LogP contribution in [-0.2, 0) is 4.79 Å². The Kier molecular flexibility index (Phi) is 5.96. The van der Waals surface area contributed by atoms with E-state index in [9.17, 15) is 4.79 Å². The molecule has 1 rings (SSSR count). The Labute approximate surface area is 94.8 Å². The van der Waals surface area contributed by atoms with Crippen molar-refractivity contribution < 1.29 is 51.6 Å². The van der Waals surface area contributed by atoms with Crippen LogP contribution in [0.3, 0.4) is 0 Å². The van der Waals surface area contributed by atoms with Gasteiger partial charge in [0.1, 0.15) is 0 Å². The summed E-state index contributed by atoms with van der Waals surface area (Å²) in [6, 6.07) is 0. The van der Waals surface area contributed by atoms with Crippen molar-refractivity contribution in [3.63, 3.8) is 0 Å². The summed E-state index contributed by atoms with van der Waals surface area (Å²) in [5.74, 6) is -0.631. The summed E-state index contributed by atoms with van der Waals surface area (Å²) in [5, 5.41) is 8.54. The second-order valence-corrected chi connectivity index (χ2v) is 2.67. The fourth-order valence-corrected chi connectivity index (χ4v) is 1.35. The second kappa shape index (κ2) is 5.49. The molecule has 0 bridgehead atoms. The molecule has 0 spiro atoms. The third-order valence-corrected chi connectivity index (χ3v) is 1.95. The molecular formula is C7H12CeO2. The summed E-state index contributed by atoms with van der Waals surface area (Å²) in [5.41, 5.74) is 0. The normalized spacial score (nSPS) is 19.6. The van der Waals surface area contributed by atoms with Crippen LogP contribution in [0, 0.1) is 47.7 Å². The zero-order valence-corrected chi connectivity index (χ0v) is 9.11. The van der Waals surface area contributed by atoms with E-state index in [1.165, 1.54) is 6.42 Å². The molecule has 0 atom stereocenters. The molecule has 1 saturated carbocycles. The van der Waals surface area contributed by atoms with Gasteiger partial charge in [0.15, 0.2) is 0 Å². The molecule has 1 aliphatic rings. The number of carboxylic acids is 1. The Morgan fingerprint density at radius 1 is 1.20 bits per heavy atom. The summed E-state index contributed by atoms with van der Waals surface area (Å²) < 4.78 is 0. The Hall–Kier alpha value is 0.847. The summed E-state index contributed by atoms with van der Waals surface area (Å²) in [6.07, 6.45) is 5.24. The van der Waals surface area contributed by atoms with Gasteiger partial charge in [-0.05, 0) is 12.8 Å². The van der Waals surface area contributed by atoms with Crippen LogP contribution in [0.2, 0.25) is 0 Å². The number of rotatable bonds is 1. The number of carbonyl (C=O) groups is 1. The van der Waals surface area contributed by atoms with Crippen molar-refractivity contribution in [3.05, 3.63) is 0 Å². The fourth-order valence-electron chi connectivity index (χ4n) is 1.35. The van der Waals surface area contributed by atoms with E-state index in [0.29, 0.717) is 0 Å². The Morgan fingerprint density at radius 2 is 1.70 bits per heavy atom. The zero-order chi connectivity index (χ0) is 6.69. The predicted octanol–water partition coefficient (Wildman–Crippen LogP) is 1.65. The summed E-state index contributed by atoms with van der Waals surface area (Å²) in [4.78, 5) is 10.4. The van der Waals surface area contributed by atoms with Gasteiger partial charge in [0.25, 0.3) is 0 Å². The molecule has 10 heavy (non-hydrogen) atoms. The molecule has 3 heteroatoms. The van der Waals surface area contributed by atoms with Crippen molar-refractivity contribution in [1.29, 1.82) is 0 Å². The van der Waals surface area contributed by atoms with Crippen molar-refractivity contribution in [3.8, 4) is 0 Å². The van der Waals surface area contributed by atoms with Gasteiger partial charge in [0, 0.05) is 41.7 Å². The third-order valence-electron chi connectivity index (χ3n) is 1.95. The third kappa shape index (κ3) is 3.30. The van der Waals surface area contributed by atoms with E-state index in [1.54, 1.807) is 0 Å².